The van der Waals surface area contributed by atoms with E-state index in [-0.39, 0.29) is 238 Å². The number of carbonyl (C=O) groups is 25. The maximum absolute atomic E-state index is 11.1. The second-order valence-corrected chi connectivity index (χ2v) is 28.0. The van der Waals surface area contributed by atoms with E-state index in [9.17, 15) is 145 Å². The van der Waals surface area contributed by atoms with Crippen LogP contribution in [0.3, 0.4) is 0 Å². The Balaban J connectivity index is -0.000000331. The Hall–Kier alpha value is -14.9. The van der Waals surface area contributed by atoms with Crippen molar-refractivity contribution in [2.75, 3.05) is 81.6 Å². The standard InChI is InChI=1S/6C9H12N2O3.6C5H9NO2/c6*1-5(12)8(6(2)13)9-10-4-3-7(14)11-9;6*1-4(7)6(3)5(2)8/h5*12H,3-4H2,1-2H3,(H,10,11,14);8H,3-4H2,1-2H3,(H,10,11,14);6*1-3H3/b4*8-5-;;;;;;;;. The zero-order valence-corrected chi connectivity index (χ0v) is 80.4. The molecule has 48 nitrogen and oxygen atoms in total. The smallest absolute Gasteiger partial charge is 0.227 e. The van der Waals surface area contributed by atoms with Crippen molar-refractivity contribution in [2.24, 2.45) is 35.9 Å². The van der Waals surface area contributed by atoms with Crippen LogP contribution in [0.1, 0.15) is 205 Å². The van der Waals surface area contributed by atoms with Gasteiger partial charge in [-0.1, -0.05) is 0 Å². The number of allylic oxidation sites excluding steroid dienone is 5. The zero-order chi connectivity index (χ0) is 105. The summed E-state index contributed by atoms with van der Waals surface area (Å²) in [6.45, 7) is 34.5. The number of aliphatic hydroxyl groups is 5. The van der Waals surface area contributed by atoms with Gasteiger partial charge in [-0.15, -0.1) is 0 Å². The van der Waals surface area contributed by atoms with Crippen molar-refractivity contribution in [3.8, 4) is 0 Å². The molecule has 11 N–H and O–H groups in total. The number of hydrogen-bond donors (Lipinski definition) is 11. The highest BCUT2D eigenvalue weighted by Gasteiger charge is 2.30. The van der Waals surface area contributed by atoms with Crippen LogP contribution in [0.15, 0.2) is 86.6 Å². The number of aliphatic imine (C=N–C) groups is 6. The quantitative estimate of drug-likeness (QED) is 0.0705. The van der Waals surface area contributed by atoms with E-state index in [1.54, 1.807) is 0 Å². The van der Waals surface area contributed by atoms with Crippen LogP contribution < -0.4 is 31.9 Å². The highest BCUT2D eigenvalue weighted by atomic mass is 16.3. The minimum Gasteiger partial charge on any atom is -0.512 e. The van der Waals surface area contributed by atoms with Crippen LogP contribution in [0, 0.1) is 5.92 Å². The van der Waals surface area contributed by atoms with Gasteiger partial charge in [0.15, 0.2) is 28.9 Å². The first kappa shape index (κ1) is 128. The van der Waals surface area contributed by atoms with Gasteiger partial charge in [0.05, 0.1) is 60.6 Å². The topological polar surface area (TPSA) is 694 Å². The highest BCUT2D eigenvalue weighted by molar-refractivity contribution is 6.28. The number of nitrogens with zero attached hydrogens (tertiary/aromatic N) is 12. The Labute approximate surface area is 764 Å². The molecule has 0 fully saturated rings. The summed E-state index contributed by atoms with van der Waals surface area (Å²) >= 11 is 0. The minimum absolute atomic E-state index is 0.0815. The lowest BCUT2D eigenvalue weighted by Crippen LogP contribution is -2.44. The first-order valence-electron chi connectivity index (χ1n) is 39.6. The van der Waals surface area contributed by atoms with Gasteiger partial charge in [-0.05, 0) is 83.1 Å². The number of rotatable bonds is 13. The molecule has 0 spiro atoms. The van der Waals surface area contributed by atoms with Crippen LogP contribution in [0.25, 0.3) is 0 Å². The Morgan fingerprint density at radius 2 is 0.341 bits per heavy atom. The molecule has 6 heterocycles. The fourth-order valence-electron chi connectivity index (χ4n) is 8.88. The minimum atomic E-state index is -0.903. The van der Waals surface area contributed by atoms with Crippen molar-refractivity contribution in [1.82, 2.24) is 61.3 Å². The monoisotopic (exact) mass is 1870 g/mol. The first-order chi connectivity index (χ1) is 60.4. The lowest BCUT2D eigenvalue weighted by Gasteiger charge is -2.18. The number of ketones is 7. The lowest BCUT2D eigenvalue weighted by atomic mass is 9.98. The van der Waals surface area contributed by atoms with Gasteiger partial charge in [0.2, 0.25) is 106 Å². The number of amidine groups is 6. The van der Waals surface area contributed by atoms with Gasteiger partial charge >= 0.3 is 0 Å². The molecule has 6 rings (SSSR count). The molecule has 0 bridgehead atoms. The molecule has 132 heavy (non-hydrogen) atoms. The fourth-order valence-corrected chi connectivity index (χ4v) is 8.88. The van der Waals surface area contributed by atoms with E-state index in [1.165, 1.54) is 208 Å². The van der Waals surface area contributed by atoms with Gasteiger partial charge in [0.1, 0.15) is 81.3 Å². The average Bonchev–Trinajstić information content (AvgIpc) is 0.877. The van der Waals surface area contributed by atoms with Crippen molar-refractivity contribution in [1.29, 1.82) is 0 Å². The molecule has 0 saturated carbocycles. The molecule has 6 aliphatic heterocycles. The Bertz CT molecular complexity index is 4030. The summed E-state index contributed by atoms with van der Waals surface area (Å²) in [6.07, 6.45) is 1.90. The van der Waals surface area contributed by atoms with E-state index in [0.717, 1.165) is 29.4 Å². The second kappa shape index (κ2) is 65.6. The average molecular weight is 1870 g/mol. The molecule has 732 valence electrons. The molecule has 0 aromatic heterocycles. The van der Waals surface area contributed by atoms with Crippen molar-refractivity contribution in [3.63, 3.8) is 0 Å². The summed E-state index contributed by atoms with van der Waals surface area (Å²) < 4.78 is 0. The Kier molecular flexibility index (Phi) is 63.5. The Morgan fingerprint density at radius 3 is 0.424 bits per heavy atom. The van der Waals surface area contributed by atoms with Gasteiger partial charge < -0.3 is 57.4 Å². The van der Waals surface area contributed by atoms with Crippen LogP contribution in [-0.4, -0.2) is 318 Å². The van der Waals surface area contributed by atoms with E-state index in [0.29, 0.717) is 77.8 Å². The van der Waals surface area contributed by atoms with Crippen molar-refractivity contribution in [2.45, 2.75) is 205 Å². The van der Waals surface area contributed by atoms with E-state index >= 15 is 0 Å². The number of amides is 18. The van der Waals surface area contributed by atoms with Crippen LogP contribution in [0.4, 0.5) is 0 Å². The number of Topliss-reactive ketones (excluding diaryl/α,β-unsaturated/α-hetero) is 7. The van der Waals surface area contributed by atoms with E-state index in [1.807, 2.05) is 0 Å². The van der Waals surface area contributed by atoms with Crippen LogP contribution in [-0.2, 0) is 120 Å². The number of nitrogens with one attached hydrogen (secondary N) is 6. The first-order valence-corrected chi connectivity index (χ1v) is 39.6. The van der Waals surface area contributed by atoms with E-state index in [4.69, 9.17) is 0 Å². The molecular weight excluding hydrogens is 1740 g/mol. The van der Waals surface area contributed by atoms with Crippen LogP contribution in [0.5, 0.6) is 0 Å². The molecule has 18 amide bonds. The van der Waals surface area contributed by atoms with Crippen molar-refractivity contribution >= 4 is 182 Å². The molecule has 0 saturated heterocycles. The fraction of sp³-hybridized carbons (Fsp3) is 0.512. The molecule has 0 unspecified atom stereocenters. The van der Waals surface area contributed by atoms with E-state index < -0.39 is 5.92 Å². The third kappa shape index (κ3) is 55.0. The number of hydrogen-bond acceptors (Lipinski definition) is 36. The third-order valence-corrected chi connectivity index (χ3v) is 16.7. The molecule has 0 atom stereocenters. The van der Waals surface area contributed by atoms with Crippen molar-refractivity contribution < 1.29 is 145 Å². The molecule has 0 aliphatic carbocycles. The maximum Gasteiger partial charge on any atom is 0.227 e. The van der Waals surface area contributed by atoms with Gasteiger partial charge in [0, 0.05) is 170 Å². The summed E-state index contributed by atoms with van der Waals surface area (Å²) in [4.78, 5) is 298. The molecule has 48 heteroatoms. The summed E-state index contributed by atoms with van der Waals surface area (Å²) in [5.41, 5.74) is 0.408. The van der Waals surface area contributed by atoms with Gasteiger partial charge in [-0.2, -0.15) is 0 Å². The number of imide groups is 6. The summed E-state index contributed by atoms with van der Waals surface area (Å²) in [5, 5.41) is 60.9. The number of carbonyl (C=O) groups excluding carboxylic acids is 25. The normalized spacial score (nSPS) is 14.4. The summed E-state index contributed by atoms with van der Waals surface area (Å²) in [7, 11) is 8.69. The van der Waals surface area contributed by atoms with Crippen LogP contribution >= 0.6 is 0 Å². The molecule has 0 aromatic rings. The zero-order valence-electron chi connectivity index (χ0n) is 80.4. The summed E-state index contributed by atoms with van der Waals surface area (Å²) in [5.74, 6) is -6.43. The van der Waals surface area contributed by atoms with E-state index in [2.05, 4.69) is 61.9 Å². The van der Waals surface area contributed by atoms with Gasteiger partial charge in [0.25, 0.3) is 0 Å². The van der Waals surface area contributed by atoms with Gasteiger partial charge in [-0.25, -0.2) is 0 Å². The molecule has 0 aromatic carbocycles. The predicted octanol–water partition coefficient (Wildman–Crippen LogP) is 1.40. The predicted molar refractivity (Wildman–Crippen MR) is 480 cm³/mol. The largest absolute Gasteiger partial charge is 0.512 e. The lowest BCUT2D eigenvalue weighted by molar-refractivity contribution is -0.141. The molecule has 0 radical (unpaired) electrons. The van der Waals surface area contributed by atoms with Gasteiger partial charge in [-0.3, -0.25) is 179 Å². The second-order valence-electron chi connectivity index (χ2n) is 28.0. The Morgan fingerprint density at radius 1 is 0.220 bits per heavy atom. The van der Waals surface area contributed by atoms with Crippen LogP contribution in [0.2, 0.25) is 0 Å². The SMILES string of the molecule is CC(=O)/C(C1=NCCC(=O)N1)=C(\C)O.CC(=O)/C(C1=NCCC(=O)N1)=C(\C)O.CC(=O)/C(C1=NCCC(=O)N1)=C(\C)O.CC(=O)/C(C1=NCCC(=O)N1)=C(\C)O.CC(=O)C(C(C)=O)C1=NCCC(=O)N1.CC(=O)C(C1=NCCC(=O)N1)=C(C)O.CC(=O)N(C)C(C)=O.CC(=O)N(C)C(C)=O.CC(=O)N(C)C(C)=O.CC(=O)N(C)C(C)=O.CC(=O)N(C)C(C)=O.CC(=O)N(C)C(C)=O. The highest BCUT2D eigenvalue weighted by Crippen LogP contribution is 2.13. The molecular formula is C84H126N18O30. The van der Waals surface area contributed by atoms with Crippen molar-refractivity contribution in [3.05, 3.63) is 56.7 Å². The third-order valence-electron chi connectivity index (χ3n) is 16.7. The number of aliphatic hydroxyl groups excluding tert-OH is 5. The summed E-state index contributed by atoms with van der Waals surface area (Å²) in [6, 6.07) is 0. The maximum atomic E-state index is 11.1. The molecule has 6 aliphatic rings.